The monoisotopic (exact) mass is 348 g/mol. The Kier molecular flexibility index (Phi) is 9.15. The van der Waals surface area contributed by atoms with Crippen LogP contribution in [0.5, 0.6) is 5.75 Å². The molecule has 0 saturated carbocycles. The van der Waals surface area contributed by atoms with Gasteiger partial charge in [-0.15, -0.1) is 0 Å². The van der Waals surface area contributed by atoms with E-state index < -0.39 is 0 Å². The van der Waals surface area contributed by atoms with Gasteiger partial charge >= 0.3 is 0 Å². The van der Waals surface area contributed by atoms with Gasteiger partial charge in [0.05, 0.1) is 19.8 Å². The minimum atomic E-state index is 0.612. The Morgan fingerprint density at radius 2 is 1.96 bits per heavy atom. The molecule has 1 aromatic rings. The molecule has 0 amide bonds. The molecule has 140 valence electrons. The number of ether oxygens (including phenoxy) is 2. The van der Waals surface area contributed by atoms with Crippen molar-refractivity contribution in [2.75, 3.05) is 59.1 Å². The smallest absolute Gasteiger partial charge is 0.191 e. The lowest BCUT2D eigenvalue weighted by Gasteiger charge is -2.26. The van der Waals surface area contributed by atoms with Crippen LogP contribution in [0, 0.1) is 6.92 Å². The van der Waals surface area contributed by atoms with Gasteiger partial charge < -0.3 is 20.1 Å². The predicted molar refractivity (Wildman–Crippen MR) is 103 cm³/mol. The number of aryl methyl sites for hydroxylation is 1. The normalized spacial score (nSPS) is 15.8. The van der Waals surface area contributed by atoms with Crippen molar-refractivity contribution >= 4 is 5.96 Å². The molecular weight excluding hydrogens is 316 g/mol. The van der Waals surface area contributed by atoms with Crippen molar-refractivity contribution in [2.45, 2.75) is 20.3 Å². The molecule has 0 spiro atoms. The first-order chi connectivity index (χ1) is 12.3. The highest BCUT2D eigenvalue weighted by Gasteiger charge is 2.08. The summed E-state index contributed by atoms with van der Waals surface area (Å²) < 4.78 is 11.1. The van der Waals surface area contributed by atoms with E-state index in [1.807, 2.05) is 12.1 Å². The first-order valence-electron chi connectivity index (χ1n) is 9.29. The minimum Gasteiger partial charge on any atom is -0.492 e. The maximum atomic E-state index is 5.73. The number of benzene rings is 1. The lowest BCUT2D eigenvalue weighted by atomic mass is 10.2. The number of morpholine rings is 1. The summed E-state index contributed by atoms with van der Waals surface area (Å²) in [5.41, 5.74) is 1.24. The Hall–Kier alpha value is -1.79. The summed E-state index contributed by atoms with van der Waals surface area (Å²) in [4.78, 5) is 7.07. The molecular formula is C19H32N4O2. The van der Waals surface area contributed by atoms with Gasteiger partial charge in [0.2, 0.25) is 0 Å². The second-order valence-electron chi connectivity index (χ2n) is 6.16. The third kappa shape index (κ3) is 8.23. The average molecular weight is 348 g/mol. The number of nitrogens with one attached hydrogen (secondary N) is 2. The Bertz CT molecular complexity index is 499. The van der Waals surface area contributed by atoms with Crippen LogP contribution in [-0.2, 0) is 4.74 Å². The molecule has 0 atom stereocenters. The molecule has 0 aromatic heterocycles. The summed E-state index contributed by atoms with van der Waals surface area (Å²) in [6, 6.07) is 8.12. The standard InChI is InChI=1S/C19H32N4O2/c1-3-20-19(21-9-4-11-23-12-15-24-16-13-23)22-10-14-25-18-7-5-17(2)6-8-18/h5-8H,3-4,9-16H2,1-2H3,(H2,20,21,22). The van der Waals surface area contributed by atoms with Crippen molar-refractivity contribution in [3.63, 3.8) is 0 Å². The maximum absolute atomic E-state index is 5.73. The first kappa shape index (κ1) is 19.5. The number of hydrogen-bond acceptors (Lipinski definition) is 4. The second kappa shape index (κ2) is 11.7. The number of rotatable bonds is 9. The lowest BCUT2D eigenvalue weighted by Crippen LogP contribution is -2.39. The van der Waals surface area contributed by atoms with Crippen LogP contribution < -0.4 is 15.4 Å². The molecule has 1 aliphatic heterocycles. The molecule has 2 N–H and O–H groups in total. The van der Waals surface area contributed by atoms with Gasteiger partial charge in [-0.2, -0.15) is 0 Å². The van der Waals surface area contributed by atoms with E-state index in [0.717, 1.165) is 70.6 Å². The fraction of sp³-hybridized carbons (Fsp3) is 0.632. The average Bonchev–Trinajstić information content (AvgIpc) is 2.64. The number of guanidine groups is 1. The van der Waals surface area contributed by atoms with E-state index in [4.69, 9.17) is 9.47 Å². The number of hydrogen-bond donors (Lipinski definition) is 2. The molecule has 1 heterocycles. The topological polar surface area (TPSA) is 58.1 Å². The summed E-state index contributed by atoms with van der Waals surface area (Å²) in [5.74, 6) is 1.76. The quantitative estimate of drug-likeness (QED) is 0.404. The zero-order valence-electron chi connectivity index (χ0n) is 15.6. The van der Waals surface area contributed by atoms with Crippen LogP contribution in [0.1, 0.15) is 18.9 Å². The van der Waals surface area contributed by atoms with Crippen molar-refractivity contribution in [3.05, 3.63) is 29.8 Å². The van der Waals surface area contributed by atoms with Crippen LogP contribution in [0.3, 0.4) is 0 Å². The van der Waals surface area contributed by atoms with E-state index in [9.17, 15) is 0 Å². The molecule has 2 rings (SSSR count). The van der Waals surface area contributed by atoms with Crippen molar-refractivity contribution in [1.29, 1.82) is 0 Å². The molecule has 0 aliphatic carbocycles. The van der Waals surface area contributed by atoms with E-state index >= 15 is 0 Å². The predicted octanol–water partition coefficient (Wildman–Crippen LogP) is 1.65. The summed E-state index contributed by atoms with van der Waals surface area (Å²) >= 11 is 0. The molecule has 0 radical (unpaired) electrons. The van der Waals surface area contributed by atoms with Gasteiger partial charge in [0.1, 0.15) is 12.4 Å². The molecule has 1 saturated heterocycles. The van der Waals surface area contributed by atoms with E-state index in [2.05, 4.69) is 46.5 Å². The summed E-state index contributed by atoms with van der Waals surface area (Å²) in [7, 11) is 0. The fourth-order valence-corrected chi connectivity index (χ4v) is 2.62. The number of nitrogens with zero attached hydrogens (tertiary/aromatic N) is 2. The van der Waals surface area contributed by atoms with Gasteiger partial charge in [-0.1, -0.05) is 17.7 Å². The lowest BCUT2D eigenvalue weighted by molar-refractivity contribution is 0.0377. The van der Waals surface area contributed by atoms with E-state index in [1.165, 1.54) is 5.56 Å². The van der Waals surface area contributed by atoms with Crippen molar-refractivity contribution in [3.8, 4) is 5.75 Å². The van der Waals surface area contributed by atoms with Crippen LogP contribution in [0.2, 0.25) is 0 Å². The SMILES string of the molecule is CCNC(=NCCCN1CCOCC1)NCCOc1ccc(C)cc1. The van der Waals surface area contributed by atoms with Crippen LogP contribution in [-0.4, -0.2) is 69.9 Å². The minimum absolute atomic E-state index is 0.612. The molecule has 1 fully saturated rings. The van der Waals surface area contributed by atoms with Crippen molar-refractivity contribution in [2.24, 2.45) is 4.99 Å². The first-order valence-corrected chi connectivity index (χ1v) is 9.29. The Morgan fingerprint density at radius 1 is 1.20 bits per heavy atom. The second-order valence-corrected chi connectivity index (χ2v) is 6.16. The van der Waals surface area contributed by atoms with E-state index in [1.54, 1.807) is 0 Å². The summed E-state index contributed by atoms with van der Waals surface area (Å²) in [6.07, 6.45) is 1.07. The largest absolute Gasteiger partial charge is 0.492 e. The summed E-state index contributed by atoms with van der Waals surface area (Å²) in [6.45, 7) is 12.0. The maximum Gasteiger partial charge on any atom is 0.191 e. The van der Waals surface area contributed by atoms with Gasteiger partial charge in [-0.25, -0.2) is 0 Å². The van der Waals surface area contributed by atoms with Gasteiger partial charge in [0.25, 0.3) is 0 Å². The third-order valence-electron chi connectivity index (χ3n) is 4.03. The van der Waals surface area contributed by atoms with E-state index in [-0.39, 0.29) is 0 Å². The molecule has 1 aromatic carbocycles. The summed E-state index contributed by atoms with van der Waals surface area (Å²) in [5, 5.41) is 6.60. The van der Waals surface area contributed by atoms with Gasteiger partial charge in [-0.05, 0) is 32.4 Å². The van der Waals surface area contributed by atoms with Crippen LogP contribution in [0.4, 0.5) is 0 Å². The van der Waals surface area contributed by atoms with Crippen LogP contribution >= 0.6 is 0 Å². The zero-order valence-corrected chi connectivity index (χ0v) is 15.6. The molecule has 6 heteroatoms. The molecule has 0 unspecified atom stereocenters. The Morgan fingerprint density at radius 3 is 2.68 bits per heavy atom. The highest BCUT2D eigenvalue weighted by molar-refractivity contribution is 5.79. The van der Waals surface area contributed by atoms with Gasteiger partial charge in [0.15, 0.2) is 5.96 Å². The van der Waals surface area contributed by atoms with Gasteiger partial charge in [-0.3, -0.25) is 9.89 Å². The highest BCUT2D eigenvalue weighted by Crippen LogP contribution is 2.10. The third-order valence-corrected chi connectivity index (χ3v) is 4.03. The Labute approximate surface area is 151 Å². The molecule has 0 bridgehead atoms. The van der Waals surface area contributed by atoms with Crippen LogP contribution in [0.15, 0.2) is 29.3 Å². The zero-order chi connectivity index (χ0) is 17.7. The fourth-order valence-electron chi connectivity index (χ4n) is 2.62. The van der Waals surface area contributed by atoms with Crippen molar-refractivity contribution in [1.82, 2.24) is 15.5 Å². The molecule has 6 nitrogen and oxygen atoms in total. The molecule has 1 aliphatic rings. The van der Waals surface area contributed by atoms with Crippen LogP contribution in [0.25, 0.3) is 0 Å². The molecule has 25 heavy (non-hydrogen) atoms. The van der Waals surface area contributed by atoms with Gasteiger partial charge in [0, 0.05) is 32.7 Å². The van der Waals surface area contributed by atoms with E-state index in [0.29, 0.717) is 6.61 Å². The number of aliphatic imine (C=N–C) groups is 1. The Balaban J connectivity index is 1.62. The van der Waals surface area contributed by atoms with Crippen molar-refractivity contribution < 1.29 is 9.47 Å². The highest BCUT2D eigenvalue weighted by atomic mass is 16.5.